The van der Waals surface area contributed by atoms with Crippen LogP contribution >= 0.6 is 0 Å². The van der Waals surface area contributed by atoms with Gasteiger partial charge in [-0.15, -0.1) is 0 Å². The largest absolute Gasteiger partial charge is 0.312 e. The molecule has 1 aliphatic rings. The lowest BCUT2D eigenvalue weighted by Crippen LogP contribution is -2.42. The minimum atomic E-state index is 0.253. The molecule has 1 unspecified atom stereocenters. The number of hydrogen-bond acceptors (Lipinski definition) is 2. The van der Waals surface area contributed by atoms with Crippen molar-refractivity contribution < 1.29 is 0 Å². The Hall–Kier alpha value is -0.0800. The smallest absolute Gasteiger partial charge is 0.00966 e. The fraction of sp³-hybridized carbons (Fsp3) is 1.00. The van der Waals surface area contributed by atoms with Crippen molar-refractivity contribution >= 4 is 0 Å². The summed E-state index contributed by atoms with van der Waals surface area (Å²) in [6, 6.07) is 0.914. The topological polar surface area (TPSA) is 15.3 Å². The second kappa shape index (κ2) is 6.02. The van der Waals surface area contributed by atoms with Crippen LogP contribution in [0.3, 0.4) is 0 Å². The minimum Gasteiger partial charge on any atom is -0.312 e. The zero-order chi connectivity index (χ0) is 12.2. The van der Waals surface area contributed by atoms with Crippen molar-refractivity contribution in [2.24, 2.45) is 5.92 Å². The van der Waals surface area contributed by atoms with Crippen LogP contribution in [0.5, 0.6) is 0 Å². The summed E-state index contributed by atoms with van der Waals surface area (Å²) in [6.45, 7) is 15.1. The Balaban J connectivity index is 2.22. The van der Waals surface area contributed by atoms with Crippen molar-refractivity contribution in [3.8, 4) is 0 Å². The highest BCUT2D eigenvalue weighted by molar-refractivity contribution is 4.85. The molecule has 1 rings (SSSR count). The van der Waals surface area contributed by atoms with Gasteiger partial charge in [0.05, 0.1) is 0 Å². The monoisotopic (exact) mass is 226 g/mol. The van der Waals surface area contributed by atoms with E-state index in [0.717, 1.165) is 18.5 Å². The molecule has 0 aromatic rings. The molecule has 96 valence electrons. The second-order valence-corrected chi connectivity index (χ2v) is 6.46. The summed E-state index contributed by atoms with van der Waals surface area (Å²) >= 11 is 0. The van der Waals surface area contributed by atoms with Crippen LogP contribution in [0.4, 0.5) is 0 Å². The van der Waals surface area contributed by atoms with Crippen LogP contribution in [0.2, 0.25) is 0 Å². The lowest BCUT2D eigenvalue weighted by molar-refractivity contribution is 0.219. The Labute approximate surface area is 102 Å². The highest BCUT2D eigenvalue weighted by atomic mass is 15.2. The first-order valence-electron chi connectivity index (χ1n) is 6.91. The average Bonchev–Trinajstić information content (AvgIpc) is 2.96. The molecule has 16 heavy (non-hydrogen) atoms. The van der Waals surface area contributed by atoms with Crippen LogP contribution in [0.1, 0.15) is 53.9 Å². The Morgan fingerprint density at radius 2 is 1.94 bits per heavy atom. The first-order chi connectivity index (χ1) is 7.42. The summed E-state index contributed by atoms with van der Waals surface area (Å²) in [6.07, 6.45) is 4.15. The van der Waals surface area contributed by atoms with Gasteiger partial charge < -0.3 is 10.2 Å². The number of rotatable bonds is 7. The van der Waals surface area contributed by atoms with Crippen LogP contribution in [0.15, 0.2) is 0 Å². The molecule has 1 saturated carbocycles. The van der Waals surface area contributed by atoms with Gasteiger partial charge in [-0.05, 0) is 59.0 Å². The van der Waals surface area contributed by atoms with Gasteiger partial charge in [0, 0.05) is 18.1 Å². The van der Waals surface area contributed by atoms with Gasteiger partial charge in [-0.25, -0.2) is 0 Å². The Bertz CT molecular complexity index is 191. The molecular weight excluding hydrogens is 196 g/mol. The first-order valence-corrected chi connectivity index (χ1v) is 6.91. The predicted molar refractivity (Wildman–Crippen MR) is 71.8 cm³/mol. The van der Waals surface area contributed by atoms with Crippen LogP contribution in [0.25, 0.3) is 0 Å². The molecular formula is C14H30N2. The first kappa shape index (κ1) is 14.0. The predicted octanol–water partition coefficient (Wildman–Crippen LogP) is 2.89. The van der Waals surface area contributed by atoms with Crippen LogP contribution in [-0.2, 0) is 0 Å². The zero-order valence-corrected chi connectivity index (χ0v) is 11.8. The lowest BCUT2D eigenvalue weighted by atomic mass is 10.1. The van der Waals surface area contributed by atoms with E-state index in [2.05, 4.69) is 44.8 Å². The Morgan fingerprint density at radius 3 is 2.38 bits per heavy atom. The molecule has 0 saturated heterocycles. The normalized spacial score (nSPS) is 19.1. The van der Waals surface area contributed by atoms with Gasteiger partial charge >= 0.3 is 0 Å². The summed E-state index contributed by atoms with van der Waals surface area (Å²) in [5.74, 6) is 0.756. The number of nitrogens with one attached hydrogen (secondary N) is 1. The van der Waals surface area contributed by atoms with Crippen LogP contribution < -0.4 is 5.32 Å². The molecule has 2 heteroatoms. The molecule has 1 fully saturated rings. The van der Waals surface area contributed by atoms with Gasteiger partial charge in [0.1, 0.15) is 0 Å². The molecule has 0 aromatic carbocycles. The van der Waals surface area contributed by atoms with Gasteiger partial charge in [-0.3, -0.25) is 0 Å². The zero-order valence-electron chi connectivity index (χ0n) is 11.8. The van der Waals surface area contributed by atoms with Gasteiger partial charge in [-0.2, -0.15) is 0 Å². The third-order valence-corrected chi connectivity index (χ3v) is 3.10. The van der Waals surface area contributed by atoms with E-state index in [-0.39, 0.29) is 5.54 Å². The Morgan fingerprint density at radius 1 is 1.31 bits per heavy atom. The average molecular weight is 226 g/mol. The number of hydrogen-bond donors (Lipinski definition) is 1. The molecule has 1 atom stereocenters. The van der Waals surface area contributed by atoms with E-state index in [1.807, 2.05) is 0 Å². The maximum atomic E-state index is 3.60. The molecule has 0 spiro atoms. The van der Waals surface area contributed by atoms with Crippen LogP contribution in [0, 0.1) is 5.92 Å². The van der Waals surface area contributed by atoms with Crippen molar-refractivity contribution in [3.63, 3.8) is 0 Å². The summed E-state index contributed by atoms with van der Waals surface area (Å²) in [5.41, 5.74) is 0.253. The van der Waals surface area contributed by atoms with Crippen molar-refractivity contribution in [2.45, 2.75) is 65.5 Å². The van der Waals surface area contributed by atoms with E-state index in [9.17, 15) is 0 Å². The van der Waals surface area contributed by atoms with Crippen molar-refractivity contribution in [2.75, 3.05) is 19.6 Å². The molecule has 0 aromatic heterocycles. The van der Waals surface area contributed by atoms with E-state index >= 15 is 0 Å². The number of nitrogens with zero attached hydrogens (tertiary/aromatic N) is 1. The summed E-state index contributed by atoms with van der Waals surface area (Å²) in [4.78, 5) is 2.69. The fourth-order valence-electron chi connectivity index (χ4n) is 2.10. The molecule has 0 heterocycles. The van der Waals surface area contributed by atoms with Crippen molar-refractivity contribution in [1.29, 1.82) is 0 Å². The molecule has 0 bridgehead atoms. The van der Waals surface area contributed by atoms with E-state index in [0.29, 0.717) is 0 Å². The Kier molecular flexibility index (Phi) is 5.26. The van der Waals surface area contributed by atoms with E-state index in [1.165, 1.54) is 32.4 Å². The molecule has 0 aliphatic heterocycles. The maximum Gasteiger partial charge on any atom is 0.00966 e. The van der Waals surface area contributed by atoms with Gasteiger partial charge in [0.25, 0.3) is 0 Å². The highest BCUT2D eigenvalue weighted by Crippen LogP contribution is 2.27. The molecule has 2 nitrogen and oxygen atoms in total. The quantitative estimate of drug-likeness (QED) is 0.718. The van der Waals surface area contributed by atoms with Crippen LogP contribution in [-0.4, -0.2) is 36.1 Å². The van der Waals surface area contributed by atoms with Gasteiger partial charge in [0.15, 0.2) is 0 Å². The summed E-state index contributed by atoms with van der Waals surface area (Å²) in [7, 11) is 0. The maximum absolute atomic E-state index is 3.60. The lowest BCUT2D eigenvalue weighted by Gasteiger charge is -2.28. The molecule has 0 amide bonds. The standard InChI is InChI=1S/C14H30N2/c1-6-9-16(13-7-8-13)11-12(2)10-15-14(3,4)5/h12-13,15H,6-11H2,1-5H3. The van der Waals surface area contributed by atoms with E-state index in [1.54, 1.807) is 0 Å². The minimum absolute atomic E-state index is 0.253. The van der Waals surface area contributed by atoms with E-state index in [4.69, 9.17) is 0 Å². The molecule has 1 aliphatic carbocycles. The van der Waals surface area contributed by atoms with Crippen molar-refractivity contribution in [3.05, 3.63) is 0 Å². The third-order valence-electron chi connectivity index (χ3n) is 3.10. The SMILES string of the molecule is CCCN(CC(C)CNC(C)(C)C)C1CC1. The summed E-state index contributed by atoms with van der Waals surface area (Å²) < 4.78 is 0. The van der Waals surface area contributed by atoms with Gasteiger partial charge in [0.2, 0.25) is 0 Å². The molecule has 1 N–H and O–H groups in total. The van der Waals surface area contributed by atoms with Crippen molar-refractivity contribution in [1.82, 2.24) is 10.2 Å². The third kappa shape index (κ3) is 5.86. The molecule has 0 radical (unpaired) electrons. The fourth-order valence-corrected chi connectivity index (χ4v) is 2.10. The highest BCUT2D eigenvalue weighted by Gasteiger charge is 2.29. The second-order valence-electron chi connectivity index (χ2n) is 6.46. The van der Waals surface area contributed by atoms with Gasteiger partial charge in [-0.1, -0.05) is 13.8 Å². The van der Waals surface area contributed by atoms with E-state index < -0.39 is 0 Å². The summed E-state index contributed by atoms with van der Waals surface area (Å²) in [5, 5.41) is 3.60.